The Morgan fingerprint density at radius 2 is 2.12 bits per heavy atom. The van der Waals surface area contributed by atoms with Crippen molar-refractivity contribution >= 4 is 23.5 Å². The minimum atomic E-state index is -0.896. The molecule has 2 aliphatic rings. The van der Waals surface area contributed by atoms with E-state index in [1.807, 2.05) is 19.9 Å². The maximum atomic E-state index is 11.7. The maximum Gasteiger partial charge on any atom is 0.309 e. The van der Waals surface area contributed by atoms with E-state index in [0.29, 0.717) is 25.9 Å². The lowest BCUT2D eigenvalue weighted by Crippen LogP contribution is -2.55. The van der Waals surface area contributed by atoms with Gasteiger partial charge in [0.25, 0.3) is 0 Å². The van der Waals surface area contributed by atoms with Gasteiger partial charge in [-0.15, -0.1) is 0 Å². The molecule has 0 radical (unpaired) electrons. The number of carboxylic acids is 1. The zero-order valence-corrected chi connectivity index (χ0v) is 14.0. The second kappa shape index (κ2) is 6.26. The molecule has 0 aromatic carbocycles. The average molecular weight is 333 g/mol. The molecule has 130 valence electrons. The van der Waals surface area contributed by atoms with E-state index in [9.17, 15) is 14.7 Å². The highest BCUT2D eigenvalue weighted by Gasteiger charge is 2.51. The van der Waals surface area contributed by atoms with Crippen molar-refractivity contribution in [1.29, 1.82) is 0 Å². The highest BCUT2D eigenvalue weighted by molar-refractivity contribution is 5.88. The molecule has 24 heavy (non-hydrogen) atoms. The fraction of sp³-hybridized carbons (Fsp3) is 0.625. The summed E-state index contributed by atoms with van der Waals surface area (Å²) in [4.78, 5) is 33.8. The molecule has 3 heterocycles. The van der Waals surface area contributed by atoms with Crippen LogP contribution in [0.2, 0.25) is 0 Å². The van der Waals surface area contributed by atoms with Gasteiger partial charge < -0.3 is 20.6 Å². The third-order valence-corrected chi connectivity index (χ3v) is 4.81. The van der Waals surface area contributed by atoms with Crippen LogP contribution < -0.4 is 15.5 Å². The third kappa shape index (κ3) is 3.13. The van der Waals surface area contributed by atoms with E-state index in [-0.39, 0.29) is 18.4 Å². The lowest BCUT2D eigenvalue weighted by Gasteiger charge is -2.41. The van der Waals surface area contributed by atoms with Crippen LogP contribution in [0.3, 0.4) is 0 Å². The van der Waals surface area contributed by atoms with Crippen molar-refractivity contribution in [2.24, 2.45) is 5.92 Å². The Balaban J connectivity index is 1.71. The standard InChI is InChI=1S/C16H23N5O3/c1-10(2)19-12-8-13(18-9-17-12)21-5-3-16(4-6-21)11(15(23)24)7-14(22)20-16/h8-11H,3-7H2,1-2H3,(H,20,22)(H,23,24)(H,17,18,19)/t11-/m0/s1. The van der Waals surface area contributed by atoms with Crippen LogP contribution in [0, 0.1) is 5.92 Å². The van der Waals surface area contributed by atoms with E-state index in [1.165, 1.54) is 6.33 Å². The van der Waals surface area contributed by atoms with E-state index in [4.69, 9.17) is 0 Å². The Labute approximate surface area is 140 Å². The van der Waals surface area contributed by atoms with E-state index < -0.39 is 17.4 Å². The van der Waals surface area contributed by atoms with E-state index in [2.05, 4.69) is 25.5 Å². The first-order valence-electron chi connectivity index (χ1n) is 8.27. The topological polar surface area (TPSA) is 107 Å². The molecular weight excluding hydrogens is 310 g/mol. The SMILES string of the molecule is CC(C)Nc1cc(N2CCC3(CC2)NC(=O)C[C@H]3C(=O)O)ncn1. The number of carboxylic acid groups (broad SMARTS) is 1. The number of carbonyl (C=O) groups is 2. The number of rotatable bonds is 4. The smallest absolute Gasteiger partial charge is 0.309 e. The van der Waals surface area contributed by atoms with E-state index in [0.717, 1.165) is 11.6 Å². The van der Waals surface area contributed by atoms with Gasteiger partial charge in [-0.3, -0.25) is 9.59 Å². The highest BCUT2D eigenvalue weighted by Crippen LogP contribution is 2.37. The average Bonchev–Trinajstić information content (AvgIpc) is 2.84. The number of anilines is 2. The van der Waals surface area contributed by atoms with Crippen LogP contribution in [0.1, 0.15) is 33.1 Å². The summed E-state index contributed by atoms with van der Waals surface area (Å²) in [6, 6.07) is 2.18. The Bertz CT molecular complexity index is 640. The van der Waals surface area contributed by atoms with Crippen molar-refractivity contribution in [1.82, 2.24) is 15.3 Å². The predicted octanol–water partition coefficient (Wildman–Crippen LogP) is 0.857. The Morgan fingerprint density at radius 3 is 2.75 bits per heavy atom. The van der Waals surface area contributed by atoms with Crippen LogP contribution in [0.25, 0.3) is 0 Å². The van der Waals surface area contributed by atoms with Crippen molar-refractivity contribution in [3.8, 4) is 0 Å². The molecule has 0 bridgehead atoms. The largest absolute Gasteiger partial charge is 0.481 e. The lowest BCUT2D eigenvalue weighted by molar-refractivity contribution is -0.144. The molecule has 8 heteroatoms. The van der Waals surface area contributed by atoms with Crippen LogP contribution >= 0.6 is 0 Å². The molecule has 0 unspecified atom stereocenters. The first-order valence-corrected chi connectivity index (χ1v) is 8.27. The maximum absolute atomic E-state index is 11.7. The van der Waals surface area contributed by atoms with Gasteiger partial charge in [0.1, 0.15) is 18.0 Å². The molecule has 8 nitrogen and oxygen atoms in total. The number of aliphatic carboxylic acids is 1. The van der Waals surface area contributed by atoms with Crippen LogP contribution in [-0.2, 0) is 9.59 Å². The summed E-state index contributed by atoms with van der Waals surface area (Å²) in [5.41, 5.74) is -0.620. The number of piperidine rings is 1. The first-order chi connectivity index (χ1) is 11.4. The number of hydrogen-bond donors (Lipinski definition) is 3. The monoisotopic (exact) mass is 333 g/mol. The third-order valence-electron chi connectivity index (χ3n) is 4.81. The second-order valence-electron chi connectivity index (χ2n) is 6.85. The summed E-state index contributed by atoms with van der Waals surface area (Å²) >= 11 is 0. The lowest BCUT2D eigenvalue weighted by atomic mass is 9.78. The van der Waals surface area contributed by atoms with Gasteiger partial charge in [-0.1, -0.05) is 0 Å². The summed E-state index contributed by atoms with van der Waals surface area (Å²) in [5.74, 6) is -0.114. The normalized spacial score (nSPS) is 22.7. The summed E-state index contributed by atoms with van der Waals surface area (Å²) in [5, 5.41) is 15.6. The number of carbonyl (C=O) groups excluding carboxylic acids is 1. The van der Waals surface area contributed by atoms with Crippen LogP contribution in [0.5, 0.6) is 0 Å². The van der Waals surface area contributed by atoms with Crippen LogP contribution in [-0.4, -0.2) is 51.6 Å². The fourth-order valence-electron chi connectivity index (χ4n) is 3.62. The second-order valence-corrected chi connectivity index (χ2v) is 6.85. The van der Waals surface area contributed by atoms with Gasteiger partial charge in [-0.25, -0.2) is 9.97 Å². The minimum absolute atomic E-state index is 0.0747. The summed E-state index contributed by atoms with van der Waals surface area (Å²) in [6.45, 7) is 5.40. The molecular formula is C16H23N5O3. The summed E-state index contributed by atoms with van der Waals surface area (Å²) in [6.07, 6.45) is 2.81. The molecule has 1 amide bonds. The van der Waals surface area contributed by atoms with Crippen LogP contribution in [0.15, 0.2) is 12.4 Å². The molecule has 1 spiro atoms. The zero-order valence-electron chi connectivity index (χ0n) is 14.0. The molecule has 1 aromatic rings. The first kappa shape index (κ1) is 16.5. The molecule has 2 saturated heterocycles. The Kier molecular flexibility index (Phi) is 4.29. The quantitative estimate of drug-likeness (QED) is 0.750. The number of nitrogens with zero attached hydrogens (tertiary/aromatic N) is 3. The number of aromatic nitrogens is 2. The number of hydrogen-bond acceptors (Lipinski definition) is 6. The number of amides is 1. The molecule has 1 aromatic heterocycles. The summed E-state index contributed by atoms with van der Waals surface area (Å²) < 4.78 is 0. The van der Waals surface area contributed by atoms with Gasteiger partial charge in [0.05, 0.1) is 11.5 Å². The summed E-state index contributed by atoms with van der Waals surface area (Å²) in [7, 11) is 0. The van der Waals surface area contributed by atoms with Gasteiger partial charge >= 0.3 is 5.97 Å². The van der Waals surface area contributed by atoms with Gasteiger partial charge in [0.2, 0.25) is 5.91 Å². The van der Waals surface area contributed by atoms with Gasteiger partial charge in [0.15, 0.2) is 0 Å². The van der Waals surface area contributed by atoms with Gasteiger partial charge in [0, 0.05) is 31.6 Å². The highest BCUT2D eigenvalue weighted by atomic mass is 16.4. The van der Waals surface area contributed by atoms with Crippen molar-refractivity contribution < 1.29 is 14.7 Å². The fourth-order valence-corrected chi connectivity index (χ4v) is 3.62. The minimum Gasteiger partial charge on any atom is -0.481 e. The number of nitrogens with one attached hydrogen (secondary N) is 2. The van der Waals surface area contributed by atoms with Crippen molar-refractivity contribution in [2.45, 2.75) is 44.7 Å². The molecule has 2 aliphatic heterocycles. The van der Waals surface area contributed by atoms with Gasteiger partial charge in [-0.2, -0.15) is 0 Å². The molecule has 3 N–H and O–H groups in total. The molecule has 2 fully saturated rings. The predicted molar refractivity (Wildman–Crippen MR) is 88.9 cm³/mol. The van der Waals surface area contributed by atoms with Crippen molar-refractivity contribution in [3.63, 3.8) is 0 Å². The molecule has 3 rings (SSSR count). The Hall–Kier alpha value is -2.38. The van der Waals surface area contributed by atoms with E-state index in [1.54, 1.807) is 0 Å². The molecule has 0 aliphatic carbocycles. The van der Waals surface area contributed by atoms with Crippen molar-refractivity contribution in [3.05, 3.63) is 12.4 Å². The van der Waals surface area contributed by atoms with Gasteiger partial charge in [-0.05, 0) is 26.7 Å². The van der Waals surface area contributed by atoms with Crippen molar-refractivity contribution in [2.75, 3.05) is 23.3 Å². The zero-order chi connectivity index (χ0) is 17.3. The molecule has 0 saturated carbocycles. The Morgan fingerprint density at radius 1 is 1.42 bits per heavy atom. The van der Waals surface area contributed by atoms with E-state index >= 15 is 0 Å². The molecule has 1 atom stereocenters. The van der Waals surface area contributed by atoms with Crippen LogP contribution in [0.4, 0.5) is 11.6 Å².